The van der Waals surface area contributed by atoms with Gasteiger partial charge in [-0.1, -0.05) is 0 Å². The van der Waals surface area contributed by atoms with Gasteiger partial charge in [0.2, 0.25) is 0 Å². The van der Waals surface area contributed by atoms with Crippen molar-refractivity contribution in [1.82, 2.24) is 4.90 Å². The number of halogens is 1. The quantitative estimate of drug-likeness (QED) is 0.637. The van der Waals surface area contributed by atoms with Gasteiger partial charge in [0.15, 0.2) is 5.78 Å². The monoisotopic (exact) mass is 354 g/mol. The highest BCUT2D eigenvalue weighted by molar-refractivity contribution is 9.10. The maximum atomic E-state index is 12.3. The van der Waals surface area contributed by atoms with Crippen molar-refractivity contribution in [3.05, 3.63) is 28.2 Å². The SMILES string of the molecule is COCCN(CCC#N)CC(=O)c1ccc(OC)c(Br)c1. The summed E-state index contributed by atoms with van der Waals surface area (Å²) in [6.45, 7) is 1.99. The molecule has 1 aromatic carbocycles. The third kappa shape index (κ3) is 5.84. The highest BCUT2D eigenvalue weighted by Crippen LogP contribution is 2.25. The molecule has 0 aliphatic rings. The number of carbonyl (C=O) groups is 1. The summed E-state index contributed by atoms with van der Waals surface area (Å²) in [5, 5.41) is 8.67. The molecule has 1 aromatic rings. The van der Waals surface area contributed by atoms with E-state index in [1.165, 1.54) is 0 Å². The van der Waals surface area contributed by atoms with Crippen LogP contribution < -0.4 is 4.74 Å². The van der Waals surface area contributed by atoms with Crippen molar-refractivity contribution < 1.29 is 14.3 Å². The van der Waals surface area contributed by atoms with E-state index in [4.69, 9.17) is 14.7 Å². The number of hydrogen-bond donors (Lipinski definition) is 0. The smallest absolute Gasteiger partial charge is 0.176 e. The van der Waals surface area contributed by atoms with Crippen molar-refractivity contribution in [3.63, 3.8) is 0 Å². The first-order chi connectivity index (χ1) is 10.1. The van der Waals surface area contributed by atoms with E-state index in [-0.39, 0.29) is 12.3 Å². The number of carbonyl (C=O) groups excluding carboxylic acids is 1. The fraction of sp³-hybridized carbons (Fsp3) is 0.467. The van der Waals surface area contributed by atoms with Crippen LogP contribution >= 0.6 is 15.9 Å². The molecule has 0 saturated heterocycles. The third-order valence-electron chi connectivity index (χ3n) is 2.99. The lowest BCUT2D eigenvalue weighted by molar-refractivity contribution is 0.0898. The highest BCUT2D eigenvalue weighted by Gasteiger charge is 2.14. The van der Waals surface area contributed by atoms with Gasteiger partial charge >= 0.3 is 0 Å². The average Bonchev–Trinajstić information content (AvgIpc) is 2.49. The summed E-state index contributed by atoms with van der Waals surface area (Å²) in [5.41, 5.74) is 0.613. The number of Topliss-reactive ketones (excluding diaryl/α,β-unsaturated/α-hetero) is 1. The lowest BCUT2D eigenvalue weighted by atomic mass is 10.1. The Hall–Kier alpha value is -1.42. The van der Waals surface area contributed by atoms with Crippen LogP contribution in [0.2, 0.25) is 0 Å². The number of ketones is 1. The standard InChI is InChI=1S/C15H19BrN2O3/c1-20-9-8-18(7-3-6-17)11-14(19)12-4-5-15(21-2)13(16)10-12/h4-5,10H,3,7-9,11H2,1-2H3. The second kappa shape index (κ2) is 9.50. The van der Waals surface area contributed by atoms with Crippen LogP contribution in [0.4, 0.5) is 0 Å². The largest absolute Gasteiger partial charge is 0.496 e. The van der Waals surface area contributed by atoms with Crippen LogP contribution in [-0.4, -0.2) is 51.1 Å². The Labute approximate surface area is 133 Å². The molecule has 21 heavy (non-hydrogen) atoms. The molecule has 0 radical (unpaired) electrons. The highest BCUT2D eigenvalue weighted by atomic mass is 79.9. The van der Waals surface area contributed by atoms with Crippen molar-refractivity contribution in [2.45, 2.75) is 6.42 Å². The van der Waals surface area contributed by atoms with E-state index < -0.39 is 0 Å². The topological polar surface area (TPSA) is 62.6 Å². The summed E-state index contributed by atoms with van der Waals surface area (Å²) in [4.78, 5) is 14.2. The van der Waals surface area contributed by atoms with Gasteiger partial charge in [-0.2, -0.15) is 5.26 Å². The molecule has 0 spiro atoms. The third-order valence-corrected chi connectivity index (χ3v) is 3.61. The Balaban J connectivity index is 2.71. The van der Waals surface area contributed by atoms with E-state index in [0.717, 1.165) is 4.47 Å². The van der Waals surface area contributed by atoms with E-state index in [1.807, 2.05) is 4.90 Å². The predicted molar refractivity (Wildman–Crippen MR) is 83.6 cm³/mol. The molecule has 0 amide bonds. The summed E-state index contributed by atoms with van der Waals surface area (Å²) >= 11 is 3.37. The van der Waals surface area contributed by atoms with Gasteiger partial charge in [0.1, 0.15) is 5.75 Å². The summed E-state index contributed by atoms with van der Waals surface area (Å²) in [5.74, 6) is 0.694. The minimum atomic E-state index is 0.00685. The number of benzene rings is 1. The van der Waals surface area contributed by atoms with Crippen LogP contribution in [0.25, 0.3) is 0 Å². The maximum Gasteiger partial charge on any atom is 0.176 e. The van der Waals surface area contributed by atoms with Gasteiger partial charge in [0.05, 0.1) is 30.8 Å². The van der Waals surface area contributed by atoms with Gasteiger partial charge in [-0.05, 0) is 34.1 Å². The number of ether oxygens (including phenoxy) is 2. The lowest BCUT2D eigenvalue weighted by Gasteiger charge is -2.19. The predicted octanol–water partition coefficient (Wildman–Crippen LogP) is 2.50. The molecular formula is C15H19BrN2O3. The number of rotatable bonds is 9. The molecule has 5 nitrogen and oxygen atoms in total. The lowest BCUT2D eigenvalue weighted by Crippen LogP contribution is -2.33. The van der Waals surface area contributed by atoms with Crippen molar-refractivity contribution in [1.29, 1.82) is 5.26 Å². The van der Waals surface area contributed by atoms with Crippen LogP contribution in [0.5, 0.6) is 5.75 Å². The van der Waals surface area contributed by atoms with E-state index >= 15 is 0 Å². The Morgan fingerprint density at radius 3 is 2.71 bits per heavy atom. The maximum absolute atomic E-state index is 12.3. The molecule has 0 aliphatic carbocycles. The normalized spacial score (nSPS) is 10.4. The molecule has 0 heterocycles. The van der Waals surface area contributed by atoms with Crippen molar-refractivity contribution in [3.8, 4) is 11.8 Å². The summed E-state index contributed by atoms with van der Waals surface area (Å²) in [7, 11) is 3.20. The van der Waals surface area contributed by atoms with Gasteiger partial charge in [-0.3, -0.25) is 9.69 Å². The van der Waals surface area contributed by atoms with E-state index in [0.29, 0.717) is 37.4 Å². The Morgan fingerprint density at radius 2 is 2.14 bits per heavy atom. The van der Waals surface area contributed by atoms with E-state index in [1.54, 1.807) is 32.4 Å². The molecular weight excluding hydrogens is 336 g/mol. The van der Waals surface area contributed by atoms with Gasteiger partial charge < -0.3 is 9.47 Å². The van der Waals surface area contributed by atoms with Crippen molar-refractivity contribution >= 4 is 21.7 Å². The summed E-state index contributed by atoms with van der Waals surface area (Å²) in [6.07, 6.45) is 0.392. The van der Waals surface area contributed by atoms with Crippen LogP contribution in [0.15, 0.2) is 22.7 Å². The molecule has 0 N–H and O–H groups in total. The molecule has 0 fully saturated rings. The van der Waals surface area contributed by atoms with Crippen molar-refractivity contribution in [2.24, 2.45) is 0 Å². The van der Waals surface area contributed by atoms with Gasteiger partial charge in [0, 0.05) is 32.2 Å². The summed E-state index contributed by atoms with van der Waals surface area (Å²) in [6, 6.07) is 7.34. The first-order valence-electron chi connectivity index (χ1n) is 6.57. The van der Waals surface area contributed by atoms with Gasteiger partial charge in [0.25, 0.3) is 0 Å². The summed E-state index contributed by atoms with van der Waals surface area (Å²) < 4.78 is 10.9. The Morgan fingerprint density at radius 1 is 1.38 bits per heavy atom. The van der Waals surface area contributed by atoms with Crippen LogP contribution in [0, 0.1) is 11.3 Å². The Bertz CT molecular complexity index is 514. The van der Waals surface area contributed by atoms with Gasteiger partial charge in [-0.25, -0.2) is 0 Å². The minimum absolute atomic E-state index is 0.00685. The molecule has 0 aliphatic heterocycles. The average molecular weight is 355 g/mol. The van der Waals surface area contributed by atoms with Gasteiger partial charge in [-0.15, -0.1) is 0 Å². The number of nitrogens with zero attached hydrogens (tertiary/aromatic N) is 2. The first-order valence-corrected chi connectivity index (χ1v) is 7.36. The fourth-order valence-corrected chi connectivity index (χ4v) is 2.37. The Kier molecular flexibility index (Phi) is 7.98. The molecule has 1 rings (SSSR count). The zero-order chi connectivity index (χ0) is 15.7. The van der Waals surface area contributed by atoms with E-state index in [9.17, 15) is 4.79 Å². The van der Waals surface area contributed by atoms with Crippen LogP contribution in [0.3, 0.4) is 0 Å². The zero-order valence-corrected chi connectivity index (χ0v) is 13.9. The molecule has 0 unspecified atom stereocenters. The second-order valence-electron chi connectivity index (χ2n) is 4.45. The minimum Gasteiger partial charge on any atom is -0.496 e. The molecule has 0 bridgehead atoms. The van der Waals surface area contributed by atoms with Crippen molar-refractivity contribution in [2.75, 3.05) is 40.5 Å². The molecule has 114 valence electrons. The van der Waals surface area contributed by atoms with Crippen LogP contribution in [0.1, 0.15) is 16.8 Å². The second-order valence-corrected chi connectivity index (χ2v) is 5.30. The molecule has 0 atom stereocenters. The number of nitriles is 1. The fourth-order valence-electron chi connectivity index (χ4n) is 1.83. The first kappa shape index (κ1) is 17.6. The van der Waals surface area contributed by atoms with E-state index in [2.05, 4.69) is 22.0 Å². The zero-order valence-electron chi connectivity index (χ0n) is 12.3. The number of methoxy groups -OCH3 is 2. The van der Waals surface area contributed by atoms with Crippen LogP contribution in [-0.2, 0) is 4.74 Å². The molecule has 0 saturated carbocycles. The molecule has 6 heteroatoms. The molecule has 0 aromatic heterocycles. The number of hydrogen-bond acceptors (Lipinski definition) is 5.